The molecule has 1 N–H and O–H groups in total. The minimum Gasteiger partial charge on any atom is -0.492 e. The molecule has 2 aromatic rings. The molecule has 0 amide bonds. The van der Waals surface area contributed by atoms with Gasteiger partial charge in [0.1, 0.15) is 17.4 Å². The minimum absolute atomic E-state index is 0.292. The topological polar surface area (TPSA) is 47.0 Å². The lowest BCUT2D eigenvalue weighted by Crippen LogP contribution is -2.06. The van der Waals surface area contributed by atoms with Gasteiger partial charge in [-0.1, -0.05) is 26.0 Å². The average Bonchev–Trinajstić information content (AvgIpc) is 2.95. The van der Waals surface area contributed by atoms with Crippen molar-refractivity contribution >= 4 is 5.82 Å². The zero-order chi connectivity index (χ0) is 14.8. The van der Waals surface area contributed by atoms with Gasteiger partial charge >= 0.3 is 0 Å². The van der Waals surface area contributed by atoms with Crippen LogP contribution in [0.3, 0.4) is 0 Å². The molecule has 1 aliphatic heterocycles. The van der Waals surface area contributed by atoms with Gasteiger partial charge in [0.2, 0.25) is 0 Å². The summed E-state index contributed by atoms with van der Waals surface area (Å²) in [5.74, 6) is 3.01. The van der Waals surface area contributed by atoms with Crippen molar-refractivity contribution in [3.05, 3.63) is 35.7 Å². The fourth-order valence-corrected chi connectivity index (χ4v) is 2.55. The molecule has 110 valence electrons. The summed E-state index contributed by atoms with van der Waals surface area (Å²) in [7, 11) is 0. The molecule has 0 saturated heterocycles. The molecule has 4 heteroatoms. The fourth-order valence-electron chi connectivity index (χ4n) is 2.55. The van der Waals surface area contributed by atoms with Gasteiger partial charge in [-0.2, -0.15) is 0 Å². The Morgan fingerprint density at radius 2 is 2.14 bits per heavy atom. The monoisotopic (exact) mass is 283 g/mol. The number of nitrogens with one attached hydrogen (secondary N) is 1. The van der Waals surface area contributed by atoms with E-state index in [1.807, 2.05) is 6.07 Å². The smallest absolute Gasteiger partial charge is 0.133 e. The van der Waals surface area contributed by atoms with Crippen molar-refractivity contribution in [2.75, 3.05) is 18.5 Å². The van der Waals surface area contributed by atoms with Crippen molar-refractivity contribution in [2.45, 2.75) is 33.1 Å². The van der Waals surface area contributed by atoms with E-state index in [1.54, 1.807) is 0 Å². The third-order valence-electron chi connectivity index (χ3n) is 3.61. The Morgan fingerprint density at radius 1 is 1.29 bits per heavy atom. The van der Waals surface area contributed by atoms with Gasteiger partial charge in [0.15, 0.2) is 0 Å². The van der Waals surface area contributed by atoms with Crippen molar-refractivity contribution in [3.8, 4) is 17.0 Å². The second-order valence-electron chi connectivity index (χ2n) is 5.57. The molecular weight excluding hydrogens is 262 g/mol. The Hall–Kier alpha value is -2.10. The number of rotatable bonds is 4. The maximum Gasteiger partial charge on any atom is 0.133 e. The maximum absolute atomic E-state index is 5.80. The Labute approximate surface area is 125 Å². The van der Waals surface area contributed by atoms with E-state index in [0.717, 1.165) is 48.2 Å². The average molecular weight is 283 g/mol. The summed E-state index contributed by atoms with van der Waals surface area (Å²) < 4.78 is 5.80. The number of hydrogen-bond donors (Lipinski definition) is 1. The number of aromatic nitrogens is 2. The van der Waals surface area contributed by atoms with E-state index in [9.17, 15) is 0 Å². The molecule has 0 bridgehead atoms. The Kier molecular flexibility index (Phi) is 3.78. The lowest BCUT2D eigenvalue weighted by atomic mass is 10.0. The van der Waals surface area contributed by atoms with Crippen molar-refractivity contribution in [1.29, 1.82) is 0 Å². The molecule has 0 aliphatic carbocycles. The van der Waals surface area contributed by atoms with Crippen LogP contribution in [-0.4, -0.2) is 23.1 Å². The third-order valence-corrected chi connectivity index (χ3v) is 3.61. The lowest BCUT2D eigenvalue weighted by Gasteiger charge is -2.13. The highest BCUT2D eigenvalue weighted by Gasteiger charge is 2.19. The molecule has 0 spiro atoms. The zero-order valence-electron chi connectivity index (χ0n) is 12.8. The van der Waals surface area contributed by atoms with Crippen LogP contribution in [-0.2, 0) is 6.42 Å². The summed E-state index contributed by atoms with van der Waals surface area (Å²) in [6.07, 6.45) is 0.978. The van der Waals surface area contributed by atoms with Crippen LogP contribution in [0.5, 0.6) is 5.75 Å². The van der Waals surface area contributed by atoms with Crippen molar-refractivity contribution < 1.29 is 4.74 Å². The molecule has 0 unspecified atom stereocenters. The largest absolute Gasteiger partial charge is 0.492 e. The van der Waals surface area contributed by atoms with E-state index in [2.05, 4.69) is 49.3 Å². The standard InChI is InChI=1S/C17H21N3O/c1-4-18-15-10-14(19-17(20-15)11(2)3)13-7-5-6-12-8-9-21-16(12)13/h5-7,10-11H,4,8-9H2,1-3H3,(H,18,19,20). The molecule has 2 heterocycles. The number of nitrogens with zero attached hydrogens (tertiary/aromatic N) is 2. The van der Waals surface area contributed by atoms with Gasteiger partial charge in [0, 0.05) is 30.5 Å². The first-order valence-electron chi connectivity index (χ1n) is 7.57. The molecule has 0 atom stereocenters. The Morgan fingerprint density at radius 3 is 2.90 bits per heavy atom. The number of anilines is 1. The highest BCUT2D eigenvalue weighted by Crippen LogP contribution is 2.36. The molecule has 1 aliphatic rings. The Bertz CT molecular complexity index is 652. The van der Waals surface area contributed by atoms with Gasteiger partial charge in [-0.15, -0.1) is 0 Å². The van der Waals surface area contributed by atoms with Crippen LogP contribution < -0.4 is 10.1 Å². The number of para-hydroxylation sites is 1. The molecular formula is C17H21N3O. The predicted molar refractivity (Wildman–Crippen MR) is 84.9 cm³/mol. The van der Waals surface area contributed by atoms with Crippen LogP contribution in [0.25, 0.3) is 11.3 Å². The summed E-state index contributed by atoms with van der Waals surface area (Å²) in [6.45, 7) is 7.90. The van der Waals surface area contributed by atoms with E-state index in [4.69, 9.17) is 9.72 Å². The normalized spacial score (nSPS) is 13.1. The number of fused-ring (bicyclic) bond motifs is 1. The Balaban J connectivity index is 2.11. The van der Waals surface area contributed by atoms with Crippen LogP contribution in [0, 0.1) is 0 Å². The first-order chi connectivity index (χ1) is 10.2. The van der Waals surface area contributed by atoms with Crippen LogP contribution in [0.2, 0.25) is 0 Å². The summed E-state index contributed by atoms with van der Waals surface area (Å²) in [5.41, 5.74) is 3.26. The molecule has 4 nitrogen and oxygen atoms in total. The molecule has 1 aromatic carbocycles. The molecule has 1 aromatic heterocycles. The first-order valence-corrected chi connectivity index (χ1v) is 7.57. The molecule has 0 fully saturated rings. The van der Waals surface area contributed by atoms with Gasteiger partial charge in [-0.25, -0.2) is 9.97 Å². The SMILES string of the molecule is CCNc1cc(-c2cccc3c2OCC3)nc(C(C)C)n1. The number of hydrogen-bond acceptors (Lipinski definition) is 4. The van der Waals surface area contributed by atoms with Gasteiger partial charge in [-0.3, -0.25) is 0 Å². The van der Waals surface area contributed by atoms with Crippen molar-refractivity contribution in [2.24, 2.45) is 0 Å². The van der Waals surface area contributed by atoms with Crippen LogP contribution >= 0.6 is 0 Å². The van der Waals surface area contributed by atoms with Crippen LogP contribution in [0.1, 0.15) is 38.1 Å². The highest BCUT2D eigenvalue weighted by atomic mass is 16.5. The second kappa shape index (κ2) is 5.72. The van der Waals surface area contributed by atoms with Gasteiger partial charge < -0.3 is 10.1 Å². The summed E-state index contributed by atoms with van der Waals surface area (Å²) in [5, 5.41) is 3.29. The maximum atomic E-state index is 5.80. The van der Waals surface area contributed by atoms with E-state index in [0.29, 0.717) is 5.92 Å². The highest BCUT2D eigenvalue weighted by molar-refractivity contribution is 5.71. The summed E-state index contributed by atoms with van der Waals surface area (Å²) in [6, 6.07) is 8.29. The summed E-state index contributed by atoms with van der Waals surface area (Å²) in [4.78, 5) is 9.31. The van der Waals surface area contributed by atoms with E-state index in [-0.39, 0.29) is 0 Å². The van der Waals surface area contributed by atoms with E-state index < -0.39 is 0 Å². The van der Waals surface area contributed by atoms with Gasteiger partial charge in [-0.05, 0) is 18.6 Å². The van der Waals surface area contributed by atoms with Crippen molar-refractivity contribution in [3.63, 3.8) is 0 Å². The quantitative estimate of drug-likeness (QED) is 0.930. The van der Waals surface area contributed by atoms with Crippen LogP contribution in [0.4, 0.5) is 5.82 Å². The zero-order valence-corrected chi connectivity index (χ0v) is 12.8. The van der Waals surface area contributed by atoms with Gasteiger partial charge in [0.05, 0.1) is 12.3 Å². The van der Waals surface area contributed by atoms with Crippen LogP contribution in [0.15, 0.2) is 24.3 Å². The number of ether oxygens (including phenoxy) is 1. The van der Waals surface area contributed by atoms with E-state index in [1.165, 1.54) is 5.56 Å². The van der Waals surface area contributed by atoms with Crippen molar-refractivity contribution in [1.82, 2.24) is 9.97 Å². The summed E-state index contributed by atoms with van der Waals surface area (Å²) >= 11 is 0. The van der Waals surface area contributed by atoms with E-state index >= 15 is 0 Å². The minimum atomic E-state index is 0.292. The fraction of sp³-hybridized carbons (Fsp3) is 0.412. The molecule has 0 saturated carbocycles. The molecule has 3 rings (SSSR count). The van der Waals surface area contributed by atoms with Gasteiger partial charge in [0.25, 0.3) is 0 Å². The molecule has 0 radical (unpaired) electrons. The third kappa shape index (κ3) is 2.71. The lowest BCUT2D eigenvalue weighted by molar-refractivity contribution is 0.358. The molecule has 21 heavy (non-hydrogen) atoms. The second-order valence-corrected chi connectivity index (χ2v) is 5.57. The predicted octanol–water partition coefficient (Wildman–Crippen LogP) is 3.63. The first kappa shape index (κ1) is 13.9. The number of benzene rings is 1.